The zero-order valence-electron chi connectivity index (χ0n) is 11.7. The van der Waals surface area contributed by atoms with Gasteiger partial charge in [-0.3, -0.25) is 4.79 Å². The number of hydrogen-bond acceptors (Lipinski definition) is 5. The van der Waals surface area contributed by atoms with Crippen LogP contribution in [0.5, 0.6) is 5.75 Å². The van der Waals surface area contributed by atoms with Crippen molar-refractivity contribution < 1.29 is 14.6 Å². The van der Waals surface area contributed by atoms with E-state index in [0.29, 0.717) is 30.8 Å². The molecule has 2 rings (SSSR count). The van der Waals surface area contributed by atoms with E-state index in [1.807, 2.05) is 6.07 Å². The molecule has 0 saturated carbocycles. The largest absolute Gasteiger partial charge is 0.491 e. The highest BCUT2D eigenvalue weighted by atomic mass is 16.5. The summed E-state index contributed by atoms with van der Waals surface area (Å²) in [5, 5.41) is 24.6. The Kier molecular flexibility index (Phi) is 5.55. The first-order valence-electron chi connectivity index (χ1n) is 6.98. The van der Waals surface area contributed by atoms with Crippen LogP contribution in [0.1, 0.15) is 18.4 Å². The van der Waals surface area contributed by atoms with Gasteiger partial charge in [-0.25, -0.2) is 0 Å². The van der Waals surface area contributed by atoms with Gasteiger partial charge in [-0.2, -0.15) is 5.26 Å². The lowest BCUT2D eigenvalue weighted by Gasteiger charge is -2.24. The van der Waals surface area contributed by atoms with Crippen molar-refractivity contribution in [1.82, 2.24) is 10.6 Å². The van der Waals surface area contributed by atoms with Gasteiger partial charge in [0.1, 0.15) is 18.5 Å². The summed E-state index contributed by atoms with van der Waals surface area (Å²) in [7, 11) is 0. The van der Waals surface area contributed by atoms with Gasteiger partial charge >= 0.3 is 0 Å². The lowest BCUT2D eigenvalue weighted by atomic mass is 10.1. The molecule has 1 aromatic carbocycles. The number of aliphatic hydroxyl groups is 1. The first kappa shape index (κ1) is 15.3. The second-order valence-electron chi connectivity index (χ2n) is 5.05. The minimum absolute atomic E-state index is 0.0812. The first-order valence-corrected chi connectivity index (χ1v) is 6.98. The summed E-state index contributed by atoms with van der Waals surface area (Å²) in [5.74, 6) is 0.704. The average Bonchev–Trinajstić information content (AvgIpc) is 2.53. The van der Waals surface area contributed by atoms with E-state index in [-0.39, 0.29) is 18.6 Å². The Hall–Kier alpha value is -2.10. The number of hydrogen-bond donors (Lipinski definition) is 3. The van der Waals surface area contributed by atoms with Crippen LogP contribution in [0.4, 0.5) is 0 Å². The van der Waals surface area contributed by atoms with Gasteiger partial charge in [0.2, 0.25) is 5.91 Å². The molecule has 0 aliphatic carbocycles. The van der Waals surface area contributed by atoms with Crippen molar-refractivity contribution in [2.75, 3.05) is 19.7 Å². The fraction of sp³-hybridized carbons (Fsp3) is 0.467. The third-order valence-corrected chi connectivity index (χ3v) is 3.33. The Morgan fingerprint density at radius 1 is 1.48 bits per heavy atom. The Labute approximate surface area is 123 Å². The summed E-state index contributed by atoms with van der Waals surface area (Å²) in [4.78, 5) is 11.0. The molecule has 2 unspecified atom stereocenters. The van der Waals surface area contributed by atoms with Crippen molar-refractivity contribution in [3.05, 3.63) is 29.8 Å². The standard InChI is InChI=1S/C15H19N3O3/c16-7-11-1-4-14(5-2-11)21-10-13(19)9-17-12-3-6-15(20)18-8-12/h1-2,4-5,12-13,17,19H,3,6,8-10H2,(H,18,20). The molecule has 1 aliphatic rings. The second-order valence-corrected chi connectivity index (χ2v) is 5.05. The maximum atomic E-state index is 11.0. The number of rotatable bonds is 6. The number of aliphatic hydroxyl groups excluding tert-OH is 1. The predicted octanol–water partition coefficient (Wildman–Crippen LogP) is 0.166. The molecule has 1 aromatic rings. The van der Waals surface area contributed by atoms with E-state index in [0.717, 1.165) is 6.42 Å². The van der Waals surface area contributed by atoms with Gasteiger partial charge < -0.3 is 20.5 Å². The zero-order chi connectivity index (χ0) is 15.1. The summed E-state index contributed by atoms with van der Waals surface area (Å²) in [6.07, 6.45) is 0.683. The van der Waals surface area contributed by atoms with Crippen LogP contribution in [0.3, 0.4) is 0 Å². The predicted molar refractivity (Wildman–Crippen MR) is 76.7 cm³/mol. The van der Waals surface area contributed by atoms with Crippen LogP contribution in [0.2, 0.25) is 0 Å². The van der Waals surface area contributed by atoms with Crippen LogP contribution in [-0.2, 0) is 4.79 Å². The molecule has 3 N–H and O–H groups in total. The number of carbonyl (C=O) groups excluding carboxylic acids is 1. The van der Waals surface area contributed by atoms with Crippen LogP contribution < -0.4 is 15.4 Å². The molecule has 1 saturated heterocycles. The van der Waals surface area contributed by atoms with Gasteiger partial charge in [0.25, 0.3) is 0 Å². The molecule has 0 radical (unpaired) electrons. The van der Waals surface area contributed by atoms with E-state index in [1.165, 1.54) is 0 Å². The monoisotopic (exact) mass is 289 g/mol. The third-order valence-electron chi connectivity index (χ3n) is 3.33. The van der Waals surface area contributed by atoms with Gasteiger partial charge in [0, 0.05) is 25.6 Å². The molecular formula is C15H19N3O3. The molecule has 6 heteroatoms. The molecule has 1 amide bonds. The number of carbonyl (C=O) groups is 1. The molecule has 2 atom stereocenters. The fourth-order valence-corrected chi connectivity index (χ4v) is 2.09. The molecular weight excluding hydrogens is 270 g/mol. The minimum atomic E-state index is -0.627. The van der Waals surface area contributed by atoms with E-state index in [1.54, 1.807) is 24.3 Å². The highest BCUT2D eigenvalue weighted by Gasteiger charge is 2.18. The SMILES string of the molecule is N#Cc1ccc(OCC(O)CNC2CCC(=O)NC2)cc1. The van der Waals surface area contributed by atoms with Gasteiger partial charge in [-0.1, -0.05) is 0 Å². The Morgan fingerprint density at radius 2 is 2.24 bits per heavy atom. The van der Waals surface area contributed by atoms with E-state index in [2.05, 4.69) is 10.6 Å². The van der Waals surface area contributed by atoms with Crippen molar-refractivity contribution in [3.63, 3.8) is 0 Å². The van der Waals surface area contributed by atoms with Gasteiger partial charge in [0.15, 0.2) is 0 Å². The Morgan fingerprint density at radius 3 is 2.86 bits per heavy atom. The molecule has 0 bridgehead atoms. The zero-order valence-corrected chi connectivity index (χ0v) is 11.7. The first-order chi connectivity index (χ1) is 10.2. The quantitative estimate of drug-likeness (QED) is 0.694. The summed E-state index contributed by atoms with van der Waals surface area (Å²) in [6, 6.07) is 8.99. The van der Waals surface area contributed by atoms with Crippen molar-refractivity contribution in [2.24, 2.45) is 0 Å². The summed E-state index contributed by atoms with van der Waals surface area (Å²) in [5.41, 5.74) is 0.573. The summed E-state index contributed by atoms with van der Waals surface area (Å²) < 4.78 is 5.46. The summed E-state index contributed by atoms with van der Waals surface area (Å²) >= 11 is 0. The van der Waals surface area contributed by atoms with E-state index in [9.17, 15) is 9.90 Å². The molecule has 0 spiro atoms. The van der Waals surface area contributed by atoms with E-state index in [4.69, 9.17) is 10.00 Å². The van der Waals surface area contributed by atoms with Gasteiger partial charge in [0.05, 0.1) is 11.6 Å². The maximum absolute atomic E-state index is 11.0. The number of amides is 1. The molecule has 21 heavy (non-hydrogen) atoms. The third kappa shape index (κ3) is 5.06. The van der Waals surface area contributed by atoms with Gasteiger partial charge in [-0.05, 0) is 30.7 Å². The molecule has 6 nitrogen and oxygen atoms in total. The van der Waals surface area contributed by atoms with E-state index < -0.39 is 6.10 Å². The number of nitriles is 1. The lowest BCUT2D eigenvalue weighted by molar-refractivity contribution is -0.122. The highest BCUT2D eigenvalue weighted by molar-refractivity contribution is 5.76. The van der Waals surface area contributed by atoms with E-state index >= 15 is 0 Å². The van der Waals surface area contributed by atoms with Crippen molar-refractivity contribution in [3.8, 4) is 11.8 Å². The van der Waals surface area contributed by atoms with Gasteiger partial charge in [-0.15, -0.1) is 0 Å². The van der Waals surface area contributed by atoms with Crippen molar-refractivity contribution in [1.29, 1.82) is 5.26 Å². The molecule has 1 fully saturated rings. The number of piperidine rings is 1. The lowest BCUT2D eigenvalue weighted by Crippen LogP contribution is -2.48. The maximum Gasteiger partial charge on any atom is 0.220 e. The smallest absolute Gasteiger partial charge is 0.220 e. The molecule has 1 aliphatic heterocycles. The van der Waals surface area contributed by atoms with Crippen LogP contribution in [0, 0.1) is 11.3 Å². The molecule has 1 heterocycles. The normalized spacial score (nSPS) is 19.4. The van der Waals surface area contributed by atoms with Crippen molar-refractivity contribution in [2.45, 2.75) is 25.0 Å². The average molecular weight is 289 g/mol. The number of nitrogens with one attached hydrogen (secondary N) is 2. The fourth-order valence-electron chi connectivity index (χ4n) is 2.09. The Bertz CT molecular complexity index is 500. The summed E-state index contributed by atoms with van der Waals surface area (Å²) in [6.45, 7) is 1.19. The minimum Gasteiger partial charge on any atom is -0.491 e. The second kappa shape index (κ2) is 7.62. The molecule has 0 aromatic heterocycles. The van der Waals surface area contributed by atoms with Crippen LogP contribution in [0.25, 0.3) is 0 Å². The Balaban J connectivity index is 1.66. The van der Waals surface area contributed by atoms with Crippen LogP contribution in [0.15, 0.2) is 24.3 Å². The number of benzene rings is 1. The number of ether oxygens (including phenoxy) is 1. The topological polar surface area (TPSA) is 94.4 Å². The molecule has 112 valence electrons. The highest BCUT2D eigenvalue weighted by Crippen LogP contribution is 2.11. The van der Waals surface area contributed by atoms with Crippen LogP contribution >= 0.6 is 0 Å². The van der Waals surface area contributed by atoms with Crippen molar-refractivity contribution >= 4 is 5.91 Å². The number of nitrogens with zero attached hydrogens (tertiary/aromatic N) is 1. The van der Waals surface area contributed by atoms with Crippen LogP contribution in [-0.4, -0.2) is 42.9 Å².